The van der Waals surface area contributed by atoms with Crippen molar-refractivity contribution in [3.05, 3.63) is 0 Å². The zero-order valence-corrected chi connectivity index (χ0v) is 8.59. The number of rotatable bonds is 1. The van der Waals surface area contributed by atoms with Crippen molar-refractivity contribution in [3.63, 3.8) is 0 Å². The second kappa shape index (κ2) is 6.31. The standard InChI is InChI=1S/C11H18N2O/c1-2-8-12-11(14)13-9-6-4-3-5-7-10-13/h1H,3-10H2,(H,12,14). The molecule has 1 N–H and O–H groups in total. The molecule has 0 radical (unpaired) electrons. The minimum Gasteiger partial charge on any atom is -0.327 e. The predicted molar refractivity (Wildman–Crippen MR) is 56.9 cm³/mol. The lowest BCUT2D eigenvalue weighted by atomic mass is 10.1. The summed E-state index contributed by atoms with van der Waals surface area (Å²) in [7, 11) is 0. The first-order valence-electron chi connectivity index (χ1n) is 5.31. The van der Waals surface area contributed by atoms with Gasteiger partial charge in [-0.2, -0.15) is 0 Å². The van der Waals surface area contributed by atoms with Gasteiger partial charge in [-0.25, -0.2) is 4.79 Å². The van der Waals surface area contributed by atoms with Crippen LogP contribution in [0.4, 0.5) is 4.79 Å². The molecule has 0 spiro atoms. The van der Waals surface area contributed by atoms with Crippen LogP contribution < -0.4 is 5.32 Å². The molecule has 0 atom stereocenters. The fourth-order valence-corrected chi connectivity index (χ4v) is 1.69. The number of nitrogens with zero attached hydrogens (tertiary/aromatic N) is 1. The van der Waals surface area contributed by atoms with Crippen molar-refractivity contribution >= 4 is 6.03 Å². The maximum atomic E-state index is 11.5. The number of hydrogen-bond donors (Lipinski definition) is 1. The summed E-state index contributed by atoms with van der Waals surface area (Å²) >= 11 is 0. The van der Waals surface area contributed by atoms with E-state index in [2.05, 4.69) is 11.2 Å². The van der Waals surface area contributed by atoms with Gasteiger partial charge in [-0.3, -0.25) is 0 Å². The Morgan fingerprint density at radius 2 is 1.79 bits per heavy atom. The van der Waals surface area contributed by atoms with E-state index in [1.54, 1.807) is 0 Å². The van der Waals surface area contributed by atoms with Crippen molar-refractivity contribution in [3.8, 4) is 12.3 Å². The molecule has 0 saturated carbocycles. The third-order valence-corrected chi connectivity index (χ3v) is 2.48. The van der Waals surface area contributed by atoms with Crippen LogP contribution in [0.15, 0.2) is 0 Å². The number of terminal acetylenes is 1. The van der Waals surface area contributed by atoms with Crippen molar-refractivity contribution < 1.29 is 4.79 Å². The number of amides is 2. The highest BCUT2D eigenvalue weighted by molar-refractivity contribution is 5.74. The summed E-state index contributed by atoms with van der Waals surface area (Å²) in [6.45, 7) is 2.07. The van der Waals surface area contributed by atoms with Crippen LogP contribution in [0.25, 0.3) is 0 Å². The summed E-state index contributed by atoms with van der Waals surface area (Å²) in [5, 5.41) is 2.70. The van der Waals surface area contributed by atoms with E-state index in [4.69, 9.17) is 6.42 Å². The maximum absolute atomic E-state index is 11.5. The summed E-state index contributed by atoms with van der Waals surface area (Å²) in [6.07, 6.45) is 11.1. The van der Waals surface area contributed by atoms with Crippen LogP contribution in [-0.4, -0.2) is 30.6 Å². The molecule has 1 aliphatic rings. The van der Waals surface area contributed by atoms with Gasteiger partial charge < -0.3 is 10.2 Å². The minimum atomic E-state index is -0.00940. The Kier molecular flexibility index (Phi) is 4.92. The fraction of sp³-hybridized carbons (Fsp3) is 0.727. The molecule has 1 aliphatic heterocycles. The van der Waals surface area contributed by atoms with Crippen LogP contribution in [-0.2, 0) is 0 Å². The van der Waals surface area contributed by atoms with Crippen molar-refractivity contribution in [1.29, 1.82) is 0 Å². The van der Waals surface area contributed by atoms with E-state index in [1.165, 1.54) is 19.3 Å². The highest BCUT2D eigenvalue weighted by Gasteiger charge is 2.13. The summed E-state index contributed by atoms with van der Waals surface area (Å²) in [6, 6.07) is -0.00940. The second-order valence-corrected chi connectivity index (χ2v) is 3.62. The van der Waals surface area contributed by atoms with Gasteiger partial charge in [0, 0.05) is 13.1 Å². The molecule has 14 heavy (non-hydrogen) atoms. The Hall–Kier alpha value is -1.17. The van der Waals surface area contributed by atoms with E-state index < -0.39 is 0 Å². The van der Waals surface area contributed by atoms with Crippen molar-refractivity contribution in [2.24, 2.45) is 0 Å². The van der Waals surface area contributed by atoms with Gasteiger partial charge in [0.05, 0.1) is 6.54 Å². The van der Waals surface area contributed by atoms with E-state index in [9.17, 15) is 4.79 Å². The molecule has 1 saturated heterocycles. The van der Waals surface area contributed by atoms with Gasteiger partial charge in [-0.05, 0) is 12.8 Å². The Labute approximate surface area is 85.9 Å². The molecular weight excluding hydrogens is 176 g/mol. The molecule has 0 aromatic heterocycles. The molecule has 2 amide bonds. The quantitative estimate of drug-likeness (QED) is 0.632. The van der Waals surface area contributed by atoms with Crippen molar-refractivity contribution in [2.45, 2.75) is 32.1 Å². The molecule has 0 aliphatic carbocycles. The van der Waals surface area contributed by atoms with Gasteiger partial charge >= 0.3 is 6.03 Å². The van der Waals surface area contributed by atoms with Crippen molar-refractivity contribution in [2.75, 3.05) is 19.6 Å². The van der Waals surface area contributed by atoms with Crippen LogP contribution in [0.3, 0.4) is 0 Å². The zero-order valence-electron chi connectivity index (χ0n) is 8.59. The second-order valence-electron chi connectivity index (χ2n) is 3.62. The van der Waals surface area contributed by atoms with E-state index in [0.29, 0.717) is 6.54 Å². The molecule has 0 aromatic carbocycles. The normalized spacial score (nSPS) is 17.8. The third kappa shape index (κ3) is 3.69. The lowest BCUT2D eigenvalue weighted by molar-refractivity contribution is 0.193. The Balaban J connectivity index is 2.32. The monoisotopic (exact) mass is 194 g/mol. The van der Waals surface area contributed by atoms with Gasteiger partial charge in [-0.15, -0.1) is 6.42 Å². The molecule has 0 bridgehead atoms. The van der Waals surface area contributed by atoms with E-state index in [-0.39, 0.29) is 6.03 Å². The molecule has 1 fully saturated rings. The van der Waals surface area contributed by atoms with Crippen LogP contribution in [0, 0.1) is 12.3 Å². The Morgan fingerprint density at radius 1 is 1.21 bits per heavy atom. The van der Waals surface area contributed by atoms with E-state index in [1.807, 2.05) is 4.90 Å². The van der Waals surface area contributed by atoms with E-state index >= 15 is 0 Å². The average Bonchev–Trinajstić information content (AvgIpc) is 2.13. The molecule has 78 valence electrons. The summed E-state index contributed by atoms with van der Waals surface area (Å²) in [5.74, 6) is 2.41. The molecular formula is C11H18N2O. The maximum Gasteiger partial charge on any atom is 0.318 e. The SMILES string of the molecule is C#CCNC(=O)N1CCCCCCC1. The van der Waals surface area contributed by atoms with Crippen LogP contribution in [0.2, 0.25) is 0 Å². The Bertz CT molecular complexity index is 212. The van der Waals surface area contributed by atoms with Gasteiger partial charge in [0.15, 0.2) is 0 Å². The lowest BCUT2D eigenvalue weighted by Gasteiger charge is -2.24. The van der Waals surface area contributed by atoms with Gasteiger partial charge in [0.2, 0.25) is 0 Å². The minimum absolute atomic E-state index is 0.00940. The zero-order chi connectivity index (χ0) is 10.2. The van der Waals surface area contributed by atoms with Gasteiger partial charge in [0.25, 0.3) is 0 Å². The van der Waals surface area contributed by atoms with Crippen LogP contribution in [0.5, 0.6) is 0 Å². The summed E-state index contributed by atoms with van der Waals surface area (Å²) in [4.78, 5) is 13.4. The first-order valence-corrected chi connectivity index (χ1v) is 5.31. The topological polar surface area (TPSA) is 32.3 Å². The number of carbonyl (C=O) groups excluding carboxylic acids is 1. The van der Waals surface area contributed by atoms with Crippen LogP contribution >= 0.6 is 0 Å². The molecule has 1 heterocycles. The first-order chi connectivity index (χ1) is 6.84. The summed E-state index contributed by atoms with van der Waals surface area (Å²) < 4.78 is 0. The van der Waals surface area contributed by atoms with E-state index in [0.717, 1.165) is 25.9 Å². The predicted octanol–water partition coefficient (Wildman–Crippen LogP) is 1.60. The highest BCUT2D eigenvalue weighted by Crippen LogP contribution is 2.10. The van der Waals surface area contributed by atoms with Crippen molar-refractivity contribution in [1.82, 2.24) is 10.2 Å². The molecule has 3 heteroatoms. The average molecular weight is 194 g/mol. The first kappa shape index (κ1) is 10.9. The highest BCUT2D eigenvalue weighted by atomic mass is 16.2. The number of hydrogen-bond acceptors (Lipinski definition) is 1. The fourth-order valence-electron chi connectivity index (χ4n) is 1.69. The molecule has 0 aromatic rings. The van der Waals surface area contributed by atoms with Crippen LogP contribution in [0.1, 0.15) is 32.1 Å². The molecule has 0 unspecified atom stereocenters. The van der Waals surface area contributed by atoms with Gasteiger partial charge in [0.1, 0.15) is 0 Å². The third-order valence-electron chi connectivity index (χ3n) is 2.48. The summed E-state index contributed by atoms with van der Waals surface area (Å²) in [5.41, 5.74) is 0. The largest absolute Gasteiger partial charge is 0.327 e. The van der Waals surface area contributed by atoms with Gasteiger partial charge in [-0.1, -0.05) is 25.2 Å². The smallest absolute Gasteiger partial charge is 0.318 e. The molecule has 1 rings (SSSR count). The number of likely N-dealkylation sites (tertiary alicyclic amines) is 1. The number of urea groups is 1. The Morgan fingerprint density at radius 3 is 2.36 bits per heavy atom. The lowest BCUT2D eigenvalue weighted by Crippen LogP contribution is -2.41. The number of carbonyl (C=O) groups is 1. The molecule has 3 nitrogen and oxygen atoms in total. The number of nitrogens with one attached hydrogen (secondary N) is 1.